The fourth-order valence-corrected chi connectivity index (χ4v) is 3.09. The van der Waals surface area contributed by atoms with Crippen molar-refractivity contribution in [1.29, 1.82) is 0 Å². The average Bonchev–Trinajstić information content (AvgIpc) is 2.43. The minimum Gasteiger partial charge on any atom is -0.392 e. The lowest BCUT2D eigenvalue weighted by Gasteiger charge is -2.20. The highest BCUT2D eigenvalue weighted by atomic mass is 32.2. The Labute approximate surface area is 125 Å². The Morgan fingerprint density at radius 3 is 2.62 bits per heavy atom. The molecule has 0 bridgehead atoms. The van der Waals surface area contributed by atoms with Crippen molar-refractivity contribution in [2.24, 2.45) is 0 Å². The van der Waals surface area contributed by atoms with E-state index in [1.54, 1.807) is 0 Å². The zero-order valence-electron chi connectivity index (χ0n) is 12.6. The van der Waals surface area contributed by atoms with E-state index < -0.39 is 22.4 Å². The Kier molecular flexibility index (Phi) is 6.73. The van der Waals surface area contributed by atoms with Crippen LogP contribution in [-0.4, -0.2) is 44.6 Å². The largest absolute Gasteiger partial charge is 0.392 e. The first kappa shape index (κ1) is 18.0. The second kappa shape index (κ2) is 7.84. The molecule has 0 aromatic heterocycles. The zero-order chi connectivity index (χ0) is 16.0. The van der Waals surface area contributed by atoms with Crippen molar-refractivity contribution in [3.05, 3.63) is 29.6 Å². The molecule has 0 heterocycles. The molecule has 0 fully saturated rings. The third-order valence-corrected chi connectivity index (χ3v) is 4.89. The van der Waals surface area contributed by atoms with Gasteiger partial charge in [-0.25, -0.2) is 17.5 Å². The van der Waals surface area contributed by atoms with Gasteiger partial charge in [-0.1, -0.05) is 6.07 Å². The molecule has 0 unspecified atom stereocenters. The third-order valence-electron chi connectivity index (χ3n) is 3.35. The molecule has 0 spiro atoms. The van der Waals surface area contributed by atoms with Gasteiger partial charge in [0.15, 0.2) is 0 Å². The number of nitrogens with zero attached hydrogens (tertiary/aromatic N) is 1. The van der Waals surface area contributed by atoms with Gasteiger partial charge in [-0.3, -0.25) is 0 Å². The van der Waals surface area contributed by atoms with Crippen LogP contribution >= 0.6 is 0 Å². The molecule has 7 heteroatoms. The summed E-state index contributed by atoms with van der Waals surface area (Å²) >= 11 is 0. The number of halogens is 1. The number of nitrogens with one attached hydrogen (secondary N) is 1. The summed E-state index contributed by atoms with van der Waals surface area (Å²) in [5.74, 6) is -0.646. The standard InChI is InChI=1S/C14H23FN2O3S/c1-11(2)17(3)8-4-7-16-21(19,20)14-9-13(15)6-5-12(14)10-18/h5-6,9,11,16,18H,4,7-8,10H2,1-3H3. The molecule has 21 heavy (non-hydrogen) atoms. The van der Waals surface area contributed by atoms with Crippen molar-refractivity contribution < 1.29 is 17.9 Å². The van der Waals surface area contributed by atoms with Crippen molar-refractivity contribution in [2.75, 3.05) is 20.1 Å². The lowest BCUT2D eigenvalue weighted by Crippen LogP contribution is -2.31. The van der Waals surface area contributed by atoms with E-state index in [1.165, 1.54) is 6.07 Å². The molecule has 5 nitrogen and oxygen atoms in total. The summed E-state index contributed by atoms with van der Waals surface area (Å²) < 4.78 is 39.9. The molecule has 0 saturated carbocycles. The quantitative estimate of drug-likeness (QED) is 0.710. The molecule has 1 rings (SSSR count). The van der Waals surface area contributed by atoms with Crippen LogP contribution in [0.4, 0.5) is 4.39 Å². The van der Waals surface area contributed by atoms with Gasteiger partial charge in [0.1, 0.15) is 5.82 Å². The highest BCUT2D eigenvalue weighted by Gasteiger charge is 2.18. The number of rotatable bonds is 8. The molecule has 0 amide bonds. The molecule has 120 valence electrons. The summed E-state index contributed by atoms with van der Waals surface area (Å²) in [6.45, 7) is 4.69. The van der Waals surface area contributed by atoms with Gasteiger partial charge in [0, 0.05) is 12.6 Å². The maximum atomic E-state index is 13.2. The first-order chi connectivity index (χ1) is 9.77. The van der Waals surface area contributed by atoms with Crippen LogP contribution in [0.2, 0.25) is 0 Å². The third kappa shape index (κ3) is 5.35. The molecule has 0 aliphatic heterocycles. The van der Waals surface area contributed by atoms with Crippen LogP contribution in [0.3, 0.4) is 0 Å². The molecule has 2 N–H and O–H groups in total. The van der Waals surface area contributed by atoms with Crippen LogP contribution in [0.5, 0.6) is 0 Å². The van der Waals surface area contributed by atoms with Crippen molar-refractivity contribution in [3.8, 4) is 0 Å². The van der Waals surface area contributed by atoms with Crippen LogP contribution in [0.1, 0.15) is 25.8 Å². The molecule has 1 aromatic rings. The lowest BCUT2D eigenvalue weighted by molar-refractivity contribution is 0.271. The Morgan fingerprint density at radius 2 is 2.05 bits per heavy atom. The second-order valence-electron chi connectivity index (χ2n) is 5.24. The number of sulfonamides is 1. The van der Waals surface area contributed by atoms with Crippen molar-refractivity contribution in [3.63, 3.8) is 0 Å². The van der Waals surface area contributed by atoms with E-state index in [-0.39, 0.29) is 17.0 Å². The van der Waals surface area contributed by atoms with E-state index in [0.29, 0.717) is 12.5 Å². The molecule has 0 radical (unpaired) electrons. The van der Waals surface area contributed by atoms with Gasteiger partial charge in [0.05, 0.1) is 11.5 Å². The van der Waals surface area contributed by atoms with Gasteiger partial charge in [-0.15, -0.1) is 0 Å². The van der Waals surface area contributed by atoms with E-state index in [0.717, 1.165) is 18.7 Å². The summed E-state index contributed by atoms with van der Waals surface area (Å²) in [6.07, 6.45) is 0.650. The summed E-state index contributed by atoms with van der Waals surface area (Å²) in [4.78, 5) is 1.90. The number of hydrogen-bond acceptors (Lipinski definition) is 4. The Morgan fingerprint density at radius 1 is 1.38 bits per heavy atom. The molecular formula is C14H23FN2O3S. The topological polar surface area (TPSA) is 69.6 Å². The molecule has 1 aromatic carbocycles. The highest BCUT2D eigenvalue weighted by molar-refractivity contribution is 7.89. The van der Waals surface area contributed by atoms with E-state index in [2.05, 4.69) is 23.5 Å². The zero-order valence-corrected chi connectivity index (χ0v) is 13.5. The van der Waals surface area contributed by atoms with Crippen LogP contribution in [0.15, 0.2) is 23.1 Å². The van der Waals surface area contributed by atoms with Gasteiger partial charge in [-0.05, 0) is 51.6 Å². The van der Waals surface area contributed by atoms with Gasteiger partial charge < -0.3 is 10.0 Å². The average molecular weight is 318 g/mol. The fourth-order valence-electron chi connectivity index (χ4n) is 1.78. The van der Waals surface area contributed by atoms with Crippen molar-refractivity contribution in [1.82, 2.24) is 9.62 Å². The summed E-state index contributed by atoms with van der Waals surface area (Å²) in [7, 11) is -1.84. The van der Waals surface area contributed by atoms with E-state index in [4.69, 9.17) is 5.11 Å². The van der Waals surface area contributed by atoms with Gasteiger partial charge in [0.25, 0.3) is 0 Å². The van der Waals surface area contributed by atoms with Crippen LogP contribution in [0, 0.1) is 5.82 Å². The molecule has 0 saturated heterocycles. The van der Waals surface area contributed by atoms with E-state index >= 15 is 0 Å². The van der Waals surface area contributed by atoms with Gasteiger partial charge in [0.2, 0.25) is 10.0 Å². The van der Waals surface area contributed by atoms with Gasteiger partial charge in [-0.2, -0.15) is 0 Å². The van der Waals surface area contributed by atoms with Gasteiger partial charge >= 0.3 is 0 Å². The normalized spacial score (nSPS) is 12.3. The first-order valence-electron chi connectivity index (χ1n) is 6.87. The summed E-state index contributed by atoms with van der Waals surface area (Å²) in [5, 5.41) is 9.16. The van der Waals surface area contributed by atoms with Crippen molar-refractivity contribution >= 4 is 10.0 Å². The molecule has 0 aliphatic rings. The molecular weight excluding hydrogens is 295 g/mol. The van der Waals surface area contributed by atoms with E-state index in [1.807, 2.05) is 7.05 Å². The summed E-state index contributed by atoms with van der Waals surface area (Å²) in [6, 6.07) is 3.72. The number of aliphatic hydroxyl groups is 1. The Bertz CT molecular complexity index is 561. The SMILES string of the molecule is CC(C)N(C)CCCNS(=O)(=O)c1cc(F)ccc1CO. The van der Waals surface area contributed by atoms with Crippen molar-refractivity contribution in [2.45, 2.75) is 37.8 Å². The second-order valence-corrected chi connectivity index (χ2v) is 6.97. The fraction of sp³-hybridized carbons (Fsp3) is 0.571. The minimum atomic E-state index is -3.81. The van der Waals surface area contributed by atoms with Crippen LogP contribution in [-0.2, 0) is 16.6 Å². The van der Waals surface area contributed by atoms with Crippen LogP contribution < -0.4 is 4.72 Å². The smallest absolute Gasteiger partial charge is 0.241 e. The molecule has 0 atom stereocenters. The minimum absolute atomic E-state index is 0.184. The highest BCUT2D eigenvalue weighted by Crippen LogP contribution is 2.17. The molecule has 0 aliphatic carbocycles. The number of benzene rings is 1. The number of hydrogen-bond donors (Lipinski definition) is 2. The van der Waals surface area contributed by atoms with Crippen LogP contribution in [0.25, 0.3) is 0 Å². The predicted octanol–water partition coefficient (Wildman–Crippen LogP) is 1.33. The first-order valence-corrected chi connectivity index (χ1v) is 8.35. The monoisotopic (exact) mass is 318 g/mol. The summed E-state index contributed by atoms with van der Waals surface area (Å²) in [5.41, 5.74) is 0.184. The Hall–Kier alpha value is -1.02. The number of aliphatic hydroxyl groups excluding tert-OH is 1. The lowest BCUT2D eigenvalue weighted by atomic mass is 10.2. The maximum Gasteiger partial charge on any atom is 0.241 e. The van der Waals surface area contributed by atoms with E-state index in [9.17, 15) is 12.8 Å². The maximum absolute atomic E-state index is 13.2. The Balaban J connectivity index is 2.68. The predicted molar refractivity (Wildman–Crippen MR) is 79.9 cm³/mol.